The highest BCUT2D eigenvalue weighted by molar-refractivity contribution is 9.10. The first kappa shape index (κ1) is 21.6. The van der Waals surface area contributed by atoms with Crippen molar-refractivity contribution in [1.29, 1.82) is 0 Å². The van der Waals surface area contributed by atoms with Gasteiger partial charge >= 0.3 is 5.97 Å². The number of alkyl halides is 4. The van der Waals surface area contributed by atoms with Gasteiger partial charge in [-0.15, -0.1) is 0 Å². The lowest BCUT2D eigenvalue weighted by Crippen LogP contribution is -2.33. The molecule has 0 bridgehead atoms. The number of benzene rings is 1. The second kappa shape index (κ2) is 9.29. The molecule has 1 rings (SSSR count). The molecule has 0 aliphatic rings. The number of hydrogen-bond acceptors (Lipinski definition) is 3. The molecule has 0 aliphatic heterocycles. The van der Waals surface area contributed by atoms with Crippen LogP contribution in [0.4, 0.5) is 10.1 Å². The molecule has 0 atom stereocenters. The van der Waals surface area contributed by atoms with Crippen LogP contribution >= 0.6 is 47.8 Å². The van der Waals surface area contributed by atoms with Crippen LogP contribution in [-0.4, -0.2) is 40.1 Å². The number of amides is 1. The van der Waals surface area contributed by atoms with E-state index in [1.165, 1.54) is 38.1 Å². The molecule has 0 heterocycles. The minimum absolute atomic E-state index is 0.226. The van der Waals surface area contributed by atoms with Crippen molar-refractivity contribution in [2.75, 3.05) is 27.9 Å². The summed E-state index contributed by atoms with van der Waals surface area (Å²) in [7, 11) is 0. The van der Waals surface area contributed by atoms with E-state index in [4.69, 9.17) is 4.74 Å². The average Bonchev–Trinajstić information content (AvgIpc) is 2.56. The molecule has 0 spiro atoms. The Morgan fingerprint density at radius 2 is 1.58 bits per heavy atom. The minimum atomic E-state index is -1.97. The fraction of sp³-hybridized carbons (Fsp3) is 0.500. The summed E-state index contributed by atoms with van der Waals surface area (Å²) >= 11 is 10.3. The molecule has 0 saturated heterocycles. The summed E-state index contributed by atoms with van der Waals surface area (Å²) in [5.41, 5.74) is -1.42. The summed E-state index contributed by atoms with van der Waals surface area (Å²) in [6, 6.07) is 6.13. The first-order valence-corrected chi connectivity index (χ1v) is 10.5. The van der Waals surface area contributed by atoms with Crippen LogP contribution in [0.1, 0.15) is 24.2 Å². The zero-order valence-corrected chi connectivity index (χ0v) is 18.1. The van der Waals surface area contributed by atoms with E-state index in [0.717, 1.165) is 0 Å². The SMILES string of the molecule is CC(C)(F)C(=O)Nc1ccc(C(=O)OCC(CBr)(CBr)CBr)cc1. The van der Waals surface area contributed by atoms with Crippen LogP contribution in [0.2, 0.25) is 0 Å². The van der Waals surface area contributed by atoms with Gasteiger partial charge in [-0.25, -0.2) is 9.18 Å². The quantitative estimate of drug-likeness (QED) is 0.391. The van der Waals surface area contributed by atoms with E-state index in [-0.39, 0.29) is 12.0 Å². The van der Waals surface area contributed by atoms with Gasteiger partial charge in [0.15, 0.2) is 5.67 Å². The van der Waals surface area contributed by atoms with Crippen molar-refractivity contribution in [3.05, 3.63) is 29.8 Å². The Morgan fingerprint density at radius 3 is 2.00 bits per heavy atom. The predicted octanol–water partition coefficient (Wildman–Crippen LogP) is 4.70. The van der Waals surface area contributed by atoms with Crippen LogP contribution < -0.4 is 5.32 Å². The molecular formula is C16H19Br3FNO3. The monoisotopic (exact) mass is 529 g/mol. The van der Waals surface area contributed by atoms with Crippen molar-refractivity contribution in [1.82, 2.24) is 0 Å². The zero-order valence-electron chi connectivity index (χ0n) is 13.4. The number of rotatable bonds is 8. The third-order valence-corrected chi connectivity index (χ3v) is 6.85. The van der Waals surface area contributed by atoms with Gasteiger partial charge in [-0.3, -0.25) is 4.79 Å². The molecule has 1 N–H and O–H groups in total. The van der Waals surface area contributed by atoms with Gasteiger partial charge in [0, 0.05) is 27.1 Å². The number of esters is 1. The molecule has 0 aromatic heterocycles. The van der Waals surface area contributed by atoms with E-state index in [9.17, 15) is 14.0 Å². The van der Waals surface area contributed by atoms with E-state index in [2.05, 4.69) is 53.1 Å². The lowest BCUT2D eigenvalue weighted by atomic mass is 9.98. The van der Waals surface area contributed by atoms with Crippen molar-refractivity contribution in [2.24, 2.45) is 5.41 Å². The maximum Gasteiger partial charge on any atom is 0.338 e. The zero-order chi connectivity index (χ0) is 18.4. The van der Waals surface area contributed by atoms with Crippen molar-refractivity contribution >= 4 is 65.4 Å². The van der Waals surface area contributed by atoms with Crippen LogP contribution in [0.25, 0.3) is 0 Å². The van der Waals surface area contributed by atoms with Gasteiger partial charge in [-0.2, -0.15) is 0 Å². The Morgan fingerprint density at radius 1 is 1.08 bits per heavy atom. The summed E-state index contributed by atoms with van der Waals surface area (Å²) in [6.45, 7) is 2.61. The van der Waals surface area contributed by atoms with Crippen molar-refractivity contribution < 1.29 is 18.7 Å². The highest BCUT2D eigenvalue weighted by Gasteiger charge is 2.29. The predicted molar refractivity (Wildman–Crippen MR) is 104 cm³/mol. The summed E-state index contributed by atoms with van der Waals surface area (Å²) in [4.78, 5) is 23.7. The molecule has 0 aliphatic carbocycles. The van der Waals surface area contributed by atoms with Crippen LogP contribution in [0.5, 0.6) is 0 Å². The molecular weight excluding hydrogens is 513 g/mol. The summed E-state index contributed by atoms with van der Waals surface area (Å²) < 4.78 is 18.9. The van der Waals surface area contributed by atoms with Crippen molar-refractivity contribution in [3.8, 4) is 0 Å². The molecule has 1 aromatic rings. The second-order valence-electron chi connectivity index (χ2n) is 5.98. The first-order valence-electron chi connectivity index (χ1n) is 7.13. The van der Waals surface area contributed by atoms with E-state index >= 15 is 0 Å². The van der Waals surface area contributed by atoms with Crippen LogP contribution in [0.15, 0.2) is 24.3 Å². The van der Waals surface area contributed by atoms with Gasteiger partial charge in [0.1, 0.15) is 0 Å². The topological polar surface area (TPSA) is 55.4 Å². The van der Waals surface area contributed by atoms with E-state index < -0.39 is 17.5 Å². The van der Waals surface area contributed by atoms with Gasteiger partial charge in [-0.1, -0.05) is 47.8 Å². The third kappa shape index (κ3) is 6.11. The number of ether oxygens (including phenoxy) is 1. The van der Waals surface area contributed by atoms with Crippen molar-refractivity contribution in [3.63, 3.8) is 0 Å². The van der Waals surface area contributed by atoms with Gasteiger partial charge in [0.2, 0.25) is 0 Å². The summed E-state index contributed by atoms with van der Waals surface area (Å²) in [5.74, 6) is -1.19. The smallest absolute Gasteiger partial charge is 0.338 e. The highest BCUT2D eigenvalue weighted by Crippen LogP contribution is 2.26. The molecule has 8 heteroatoms. The number of carbonyl (C=O) groups is 2. The molecule has 24 heavy (non-hydrogen) atoms. The molecule has 1 amide bonds. The standard InChI is InChI=1S/C16H19Br3FNO3/c1-15(2,20)14(23)21-12-5-3-11(4-6-12)13(22)24-10-16(7-17,8-18)9-19/h3-6H,7-10H2,1-2H3,(H,21,23). The number of nitrogens with one attached hydrogen (secondary N) is 1. The average molecular weight is 532 g/mol. The van der Waals surface area contributed by atoms with Gasteiger partial charge in [-0.05, 0) is 38.1 Å². The van der Waals surface area contributed by atoms with Crippen molar-refractivity contribution in [2.45, 2.75) is 19.5 Å². The summed E-state index contributed by atoms with van der Waals surface area (Å²) in [5, 5.41) is 4.47. The molecule has 4 nitrogen and oxygen atoms in total. The Labute approximate surface area is 166 Å². The Kier molecular flexibility index (Phi) is 8.35. The normalized spacial score (nSPS) is 11.9. The van der Waals surface area contributed by atoms with Crippen LogP contribution in [0.3, 0.4) is 0 Å². The lowest BCUT2D eigenvalue weighted by Gasteiger charge is -2.26. The van der Waals surface area contributed by atoms with Gasteiger partial charge in [0.25, 0.3) is 5.91 Å². The van der Waals surface area contributed by atoms with E-state index in [1.54, 1.807) is 0 Å². The number of halogens is 4. The van der Waals surface area contributed by atoms with Gasteiger partial charge < -0.3 is 10.1 Å². The number of anilines is 1. The minimum Gasteiger partial charge on any atom is -0.461 e. The lowest BCUT2D eigenvalue weighted by molar-refractivity contribution is -0.125. The molecule has 134 valence electrons. The molecule has 0 fully saturated rings. The molecule has 0 saturated carbocycles. The fourth-order valence-electron chi connectivity index (χ4n) is 1.49. The molecule has 1 aromatic carbocycles. The maximum absolute atomic E-state index is 13.5. The molecule has 0 unspecified atom stereocenters. The van der Waals surface area contributed by atoms with E-state index in [1.807, 2.05) is 0 Å². The van der Waals surface area contributed by atoms with Gasteiger partial charge in [0.05, 0.1) is 12.2 Å². The Balaban J connectivity index is 2.69. The number of carbonyl (C=O) groups excluding carboxylic acids is 2. The van der Waals surface area contributed by atoms with E-state index in [0.29, 0.717) is 27.2 Å². The van der Waals surface area contributed by atoms with Crippen LogP contribution in [-0.2, 0) is 9.53 Å². The summed E-state index contributed by atoms with van der Waals surface area (Å²) in [6.07, 6.45) is 0. The highest BCUT2D eigenvalue weighted by atomic mass is 79.9. The number of hydrogen-bond donors (Lipinski definition) is 1. The fourth-order valence-corrected chi connectivity index (χ4v) is 4.77. The Hall–Kier alpha value is -0.470. The second-order valence-corrected chi connectivity index (χ2v) is 7.66. The third-order valence-electron chi connectivity index (χ3n) is 3.28. The largest absolute Gasteiger partial charge is 0.461 e. The first-order chi connectivity index (χ1) is 11.2. The maximum atomic E-state index is 13.5. The Bertz CT molecular complexity index is 561. The molecule has 0 radical (unpaired) electrons. The van der Waals surface area contributed by atoms with Crippen LogP contribution in [0, 0.1) is 5.41 Å².